The second-order valence-corrected chi connectivity index (χ2v) is 6.83. The predicted octanol–water partition coefficient (Wildman–Crippen LogP) is 2.15. The third-order valence-electron chi connectivity index (χ3n) is 3.94. The van der Waals surface area contributed by atoms with Gasteiger partial charge in [-0.1, -0.05) is 13.8 Å². The molecule has 0 bridgehead atoms. The molecule has 1 fully saturated rings. The Kier molecular flexibility index (Phi) is 6.27. The van der Waals surface area contributed by atoms with Gasteiger partial charge in [0.1, 0.15) is 0 Å². The molecule has 19 heavy (non-hydrogen) atoms. The summed E-state index contributed by atoms with van der Waals surface area (Å²) in [7, 11) is 0. The Hall–Kier alpha value is -0.610. The lowest BCUT2D eigenvalue weighted by Crippen LogP contribution is -2.47. The second kappa shape index (κ2) is 7.25. The van der Waals surface area contributed by atoms with Gasteiger partial charge in [-0.2, -0.15) is 0 Å². The van der Waals surface area contributed by atoms with Gasteiger partial charge in [0, 0.05) is 32.7 Å². The van der Waals surface area contributed by atoms with Crippen LogP contribution in [0.15, 0.2) is 0 Å². The first-order chi connectivity index (χ1) is 8.81. The first-order valence-corrected chi connectivity index (χ1v) is 7.49. The monoisotopic (exact) mass is 270 g/mol. The van der Waals surface area contributed by atoms with E-state index in [-0.39, 0.29) is 0 Å². The average molecular weight is 270 g/mol. The lowest BCUT2D eigenvalue weighted by Gasteiger charge is -2.35. The minimum absolute atomic E-state index is 0.584. The van der Waals surface area contributed by atoms with Crippen molar-refractivity contribution in [2.24, 2.45) is 11.3 Å². The van der Waals surface area contributed by atoms with Gasteiger partial charge < -0.3 is 14.9 Å². The molecule has 1 rings (SSSR count). The summed E-state index contributed by atoms with van der Waals surface area (Å²) >= 11 is 0. The number of rotatable bonds is 7. The van der Waals surface area contributed by atoms with Crippen LogP contribution in [0.3, 0.4) is 0 Å². The molecule has 0 radical (unpaired) electrons. The van der Waals surface area contributed by atoms with E-state index in [1.807, 2.05) is 13.8 Å². The number of hydrogen-bond donors (Lipinski definition) is 1. The van der Waals surface area contributed by atoms with Gasteiger partial charge in [0.2, 0.25) is 0 Å². The summed E-state index contributed by atoms with van der Waals surface area (Å²) in [6, 6.07) is 0. The van der Waals surface area contributed by atoms with Crippen molar-refractivity contribution in [3.05, 3.63) is 0 Å². The van der Waals surface area contributed by atoms with Gasteiger partial charge in [-0.15, -0.1) is 0 Å². The summed E-state index contributed by atoms with van der Waals surface area (Å²) in [6.07, 6.45) is 1.73. The Bertz CT molecular complexity index is 282. The molecule has 1 aliphatic rings. The minimum atomic E-state index is -0.686. The number of carboxylic acid groups (broad SMARTS) is 1. The zero-order valence-electron chi connectivity index (χ0n) is 13.0. The lowest BCUT2D eigenvalue weighted by molar-refractivity contribution is -0.147. The van der Waals surface area contributed by atoms with Crippen molar-refractivity contribution in [1.82, 2.24) is 9.80 Å². The fourth-order valence-electron chi connectivity index (χ4n) is 2.56. The van der Waals surface area contributed by atoms with Crippen LogP contribution >= 0.6 is 0 Å². The van der Waals surface area contributed by atoms with Crippen LogP contribution < -0.4 is 0 Å². The zero-order chi connectivity index (χ0) is 14.5. The van der Waals surface area contributed by atoms with Crippen molar-refractivity contribution < 1.29 is 9.90 Å². The molecule has 4 heteroatoms. The Morgan fingerprint density at radius 1 is 1.16 bits per heavy atom. The number of piperazine rings is 1. The van der Waals surface area contributed by atoms with E-state index >= 15 is 0 Å². The molecule has 0 spiro atoms. The molecule has 0 aromatic carbocycles. The highest BCUT2D eigenvalue weighted by molar-refractivity contribution is 5.73. The Morgan fingerprint density at radius 2 is 1.68 bits per heavy atom. The van der Waals surface area contributed by atoms with Gasteiger partial charge >= 0.3 is 5.97 Å². The molecular formula is C15H30N2O2. The molecular weight excluding hydrogens is 240 g/mol. The van der Waals surface area contributed by atoms with Crippen molar-refractivity contribution in [3.8, 4) is 0 Å². The lowest BCUT2D eigenvalue weighted by atomic mass is 9.88. The summed E-state index contributed by atoms with van der Waals surface area (Å²) < 4.78 is 0. The van der Waals surface area contributed by atoms with Crippen molar-refractivity contribution in [2.75, 3.05) is 39.3 Å². The van der Waals surface area contributed by atoms with Crippen LogP contribution in [-0.4, -0.2) is 60.1 Å². The van der Waals surface area contributed by atoms with E-state index < -0.39 is 11.4 Å². The number of nitrogens with zero attached hydrogens (tertiary/aromatic N) is 2. The molecule has 0 amide bonds. The summed E-state index contributed by atoms with van der Waals surface area (Å²) in [5.74, 6) is 0.0529. The first kappa shape index (κ1) is 16.4. The van der Waals surface area contributed by atoms with Gasteiger partial charge in [-0.25, -0.2) is 0 Å². The number of hydrogen-bond acceptors (Lipinski definition) is 3. The van der Waals surface area contributed by atoms with E-state index in [4.69, 9.17) is 5.11 Å². The highest BCUT2D eigenvalue weighted by Crippen LogP contribution is 2.22. The molecule has 1 heterocycles. The molecule has 4 nitrogen and oxygen atoms in total. The van der Waals surface area contributed by atoms with Gasteiger partial charge in [-0.3, -0.25) is 4.79 Å². The molecule has 1 aliphatic heterocycles. The van der Waals surface area contributed by atoms with Crippen LogP contribution in [0.4, 0.5) is 0 Å². The third kappa shape index (κ3) is 5.91. The fourth-order valence-corrected chi connectivity index (χ4v) is 2.56. The maximum atomic E-state index is 11.0. The maximum absolute atomic E-state index is 11.0. The first-order valence-electron chi connectivity index (χ1n) is 7.49. The highest BCUT2D eigenvalue weighted by atomic mass is 16.4. The summed E-state index contributed by atoms with van der Waals surface area (Å²) in [6.45, 7) is 14.9. The topological polar surface area (TPSA) is 43.8 Å². The fraction of sp³-hybridized carbons (Fsp3) is 0.933. The zero-order valence-corrected chi connectivity index (χ0v) is 13.0. The molecule has 0 unspecified atom stereocenters. The SMILES string of the molecule is CC(C)CN1CCN(CCCC(C)(C)C(=O)O)CC1. The summed E-state index contributed by atoms with van der Waals surface area (Å²) in [4.78, 5) is 16.0. The van der Waals surface area contributed by atoms with Crippen molar-refractivity contribution in [2.45, 2.75) is 40.5 Å². The molecule has 0 saturated carbocycles. The van der Waals surface area contributed by atoms with E-state index in [2.05, 4.69) is 23.6 Å². The third-order valence-corrected chi connectivity index (χ3v) is 3.94. The molecule has 0 aromatic rings. The smallest absolute Gasteiger partial charge is 0.309 e. The molecule has 0 aliphatic carbocycles. The van der Waals surface area contributed by atoms with Crippen LogP contribution in [0.1, 0.15) is 40.5 Å². The molecule has 0 atom stereocenters. The summed E-state index contributed by atoms with van der Waals surface area (Å²) in [5.41, 5.74) is -0.584. The van der Waals surface area contributed by atoms with Crippen LogP contribution in [-0.2, 0) is 4.79 Å². The largest absolute Gasteiger partial charge is 0.481 e. The predicted molar refractivity (Wildman–Crippen MR) is 78.4 cm³/mol. The summed E-state index contributed by atoms with van der Waals surface area (Å²) in [5, 5.41) is 9.08. The highest BCUT2D eigenvalue weighted by Gasteiger charge is 2.26. The average Bonchev–Trinajstić information content (AvgIpc) is 2.30. The van der Waals surface area contributed by atoms with Gasteiger partial charge in [0.25, 0.3) is 0 Å². The van der Waals surface area contributed by atoms with Gasteiger partial charge in [0.05, 0.1) is 5.41 Å². The number of carboxylic acids is 1. The molecule has 1 N–H and O–H groups in total. The minimum Gasteiger partial charge on any atom is -0.481 e. The van der Waals surface area contributed by atoms with E-state index in [1.54, 1.807) is 0 Å². The Balaban J connectivity index is 2.18. The van der Waals surface area contributed by atoms with Crippen LogP contribution in [0, 0.1) is 11.3 Å². The van der Waals surface area contributed by atoms with Crippen LogP contribution in [0.25, 0.3) is 0 Å². The van der Waals surface area contributed by atoms with Crippen molar-refractivity contribution in [3.63, 3.8) is 0 Å². The van der Waals surface area contributed by atoms with Crippen molar-refractivity contribution >= 4 is 5.97 Å². The molecule has 0 aromatic heterocycles. The molecule has 1 saturated heterocycles. The van der Waals surface area contributed by atoms with Gasteiger partial charge in [0.15, 0.2) is 0 Å². The maximum Gasteiger partial charge on any atom is 0.309 e. The van der Waals surface area contributed by atoms with Crippen molar-refractivity contribution in [1.29, 1.82) is 0 Å². The van der Waals surface area contributed by atoms with Crippen LogP contribution in [0.5, 0.6) is 0 Å². The van der Waals surface area contributed by atoms with E-state index in [1.165, 1.54) is 6.54 Å². The molecule has 112 valence electrons. The quantitative estimate of drug-likeness (QED) is 0.770. The van der Waals surface area contributed by atoms with E-state index in [9.17, 15) is 4.79 Å². The normalized spacial score (nSPS) is 19.0. The standard InChI is InChI=1S/C15H30N2O2/c1-13(2)12-17-10-8-16(9-11-17)7-5-6-15(3,4)14(18)19/h13H,5-12H2,1-4H3,(H,18,19). The Morgan fingerprint density at radius 3 is 2.16 bits per heavy atom. The van der Waals surface area contributed by atoms with Crippen LogP contribution in [0.2, 0.25) is 0 Å². The second-order valence-electron chi connectivity index (χ2n) is 6.83. The number of aliphatic carboxylic acids is 1. The van der Waals surface area contributed by atoms with E-state index in [0.717, 1.165) is 51.5 Å². The van der Waals surface area contributed by atoms with E-state index in [0.29, 0.717) is 0 Å². The van der Waals surface area contributed by atoms with Gasteiger partial charge in [-0.05, 0) is 39.2 Å². The number of carbonyl (C=O) groups is 1. The Labute approximate surface area is 117 Å².